The molecule has 1 aromatic carbocycles. The zero-order chi connectivity index (χ0) is 16.7. The van der Waals surface area contributed by atoms with Gasteiger partial charge < -0.3 is 9.47 Å². The molecule has 0 unspecified atom stereocenters. The Bertz CT molecular complexity index is 818. The average molecular weight is 324 g/mol. The van der Waals surface area contributed by atoms with E-state index in [1.165, 1.54) is 30.3 Å². The van der Waals surface area contributed by atoms with Gasteiger partial charge in [0.15, 0.2) is 0 Å². The normalized spacial score (nSPS) is 20.0. The van der Waals surface area contributed by atoms with E-state index in [0.717, 1.165) is 38.2 Å². The average Bonchev–Trinajstić information content (AvgIpc) is 3.17. The summed E-state index contributed by atoms with van der Waals surface area (Å²) in [4.78, 5) is 6.86. The number of aromatic nitrogens is 2. The fourth-order valence-corrected chi connectivity index (χ4v) is 4.19. The van der Waals surface area contributed by atoms with Crippen molar-refractivity contribution in [3.8, 4) is 6.07 Å². The highest BCUT2D eigenvalue weighted by Gasteiger charge is 2.30. The number of halogens is 1. The molecule has 124 valence electrons. The van der Waals surface area contributed by atoms with Crippen LogP contribution in [0.5, 0.6) is 0 Å². The lowest BCUT2D eigenvalue weighted by atomic mass is 10.0. The van der Waals surface area contributed by atoms with Crippen LogP contribution in [0, 0.1) is 24.1 Å². The number of anilines is 1. The number of aryl methyl sites for hydroxylation is 2. The lowest BCUT2D eigenvalue weighted by Crippen LogP contribution is -2.23. The smallest absolute Gasteiger partial charge is 0.147 e. The molecule has 2 aliphatic rings. The second-order valence-corrected chi connectivity index (χ2v) is 6.80. The highest BCUT2D eigenvalue weighted by atomic mass is 19.1. The van der Waals surface area contributed by atoms with Crippen LogP contribution in [0.1, 0.15) is 48.1 Å². The molecule has 0 N–H and O–H groups in total. The third-order valence-electron chi connectivity index (χ3n) is 5.29. The zero-order valence-corrected chi connectivity index (χ0v) is 13.9. The Morgan fingerprint density at radius 3 is 2.92 bits per heavy atom. The molecule has 2 aromatic rings. The molecule has 0 bridgehead atoms. The van der Waals surface area contributed by atoms with Crippen LogP contribution < -0.4 is 4.90 Å². The molecular formula is C19H21FN4. The van der Waals surface area contributed by atoms with Crippen molar-refractivity contribution in [3.05, 3.63) is 46.8 Å². The second-order valence-electron chi connectivity index (χ2n) is 6.80. The Balaban J connectivity index is 1.60. The molecule has 0 spiro atoms. The van der Waals surface area contributed by atoms with E-state index in [4.69, 9.17) is 10.2 Å². The molecule has 1 saturated heterocycles. The van der Waals surface area contributed by atoms with Crippen LogP contribution in [-0.4, -0.2) is 22.6 Å². The van der Waals surface area contributed by atoms with E-state index < -0.39 is 0 Å². The van der Waals surface area contributed by atoms with Crippen LogP contribution in [0.4, 0.5) is 10.1 Å². The summed E-state index contributed by atoms with van der Waals surface area (Å²) in [6.45, 7) is 3.72. The molecule has 5 heteroatoms. The highest BCUT2D eigenvalue weighted by molar-refractivity contribution is 5.52. The molecule has 1 fully saturated rings. The summed E-state index contributed by atoms with van der Waals surface area (Å²) in [5, 5.41) is 8.89. The Labute approximate surface area is 141 Å². The third-order valence-corrected chi connectivity index (χ3v) is 5.29. The Morgan fingerprint density at radius 1 is 1.29 bits per heavy atom. The summed E-state index contributed by atoms with van der Waals surface area (Å²) in [6.07, 6.45) is 5.67. The van der Waals surface area contributed by atoms with Crippen LogP contribution in [0.25, 0.3) is 0 Å². The molecule has 1 aliphatic heterocycles. The maximum absolute atomic E-state index is 14.3. The summed E-state index contributed by atoms with van der Waals surface area (Å²) >= 11 is 0. The predicted molar refractivity (Wildman–Crippen MR) is 90.6 cm³/mol. The number of fused-ring (bicyclic) bond motifs is 1. The van der Waals surface area contributed by atoms with E-state index in [1.807, 2.05) is 6.07 Å². The van der Waals surface area contributed by atoms with Crippen LogP contribution >= 0.6 is 0 Å². The van der Waals surface area contributed by atoms with Crippen molar-refractivity contribution in [2.24, 2.45) is 0 Å². The number of nitriles is 1. The summed E-state index contributed by atoms with van der Waals surface area (Å²) < 4.78 is 16.7. The minimum Gasteiger partial charge on any atom is -0.367 e. The number of hydrogen-bond acceptors (Lipinski definition) is 3. The van der Waals surface area contributed by atoms with Gasteiger partial charge in [-0.25, -0.2) is 9.37 Å². The van der Waals surface area contributed by atoms with E-state index >= 15 is 0 Å². The van der Waals surface area contributed by atoms with Gasteiger partial charge in [-0.3, -0.25) is 0 Å². The first kappa shape index (κ1) is 15.2. The molecule has 1 atom stereocenters. The van der Waals surface area contributed by atoms with Gasteiger partial charge in [-0.05, 0) is 57.2 Å². The summed E-state index contributed by atoms with van der Waals surface area (Å²) in [5.74, 6) is 0.785. The summed E-state index contributed by atoms with van der Waals surface area (Å²) in [7, 11) is 0. The molecule has 1 aliphatic carbocycles. The zero-order valence-electron chi connectivity index (χ0n) is 13.9. The first-order valence-corrected chi connectivity index (χ1v) is 8.68. The van der Waals surface area contributed by atoms with Gasteiger partial charge in [-0.15, -0.1) is 0 Å². The van der Waals surface area contributed by atoms with Crippen molar-refractivity contribution in [2.45, 2.75) is 45.1 Å². The molecule has 0 amide bonds. The van der Waals surface area contributed by atoms with Crippen LogP contribution in [0.3, 0.4) is 0 Å². The van der Waals surface area contributed by atoms with Gasteiger partial charge in [0, 0.05) is 18.8 Å². The molecule has 24 heavy (non-hydrogen) atoms. The van der Waals surface area contributed by atoms with E-state index in [0.29, 0.717) is 17.3 Å². The second kappa shape index (κ2) is 5.94. The van der Waals surface area contributed by atoms with Crippen LogP contribution in [0.2, 0.25) is 0 Å². The van der Waals surface area contributed by atoms with Crippen molar-refractivity contribution in [2.75, 3.05) is 18.0 Å². The molecule has 2 heterocycles. The number of hydrogen-bond donors (Lipinski definition) is 0. The Hall–Kier alpha value is -2.35. The van der Waals surface area contributed by atoms with Crippen LogP contribution in [0.15, 0.2) is 18.2 Å². The van der Waals surface area contributed by atoms with Gasteiger partial charge in [0.05, 0.1) is 29.1 Å². The predicted octanol–water partition coefficient (Wildman–Crippen LogP) is 3.53. The largest absolute Gasteiger partial charge is 0.367 e. The van der Waals surface area contributed by atoms with E-state index in [9.17, 15) is 4.39 Å². The van der Waals surface area contributed by atoms with Crippen molar-refractivity contribution in [1.82, 2.24) is 9.55 Å². The van der Waals surface area contributed by atoms with Gasteiger partial charge in [0.25, 0.3) is 0 Å². The number of imidazole rings is 1. The summed E-state index contributed by atoms with van der Waals surface area (Å²) in [5.41, 5.74) is 3.63. The van der Waals surface area contributed by atoms with Crippen molar-refractivity contribution in [1.29, 1.82) is 5.26 Å². The SMILES string of the molecule is Cc1nc2c(n1[C@@H]1CCN(c3ccc(C#N)cc3F)C1)CCCC2. The fourth-order valence-electron chi connectivity index (χ4n) is 4.19. The Kier molecular flexibility index (Phi) is 3.76. The minimum atomic E-state index is -0.306. The first-order chi connectivity index (χ1) is 11.7. The fraction of sp³-hybridized carbons (Fsp3) is 0.474. The quantitative estimate of drug-likeness (QED) is 0.849. The topological polar surface area (TPSA) is 44.9 Å². The lowest BCUT2D eigenvalue weighted by Gasteiger charge is -2.22. The first-order valence-electron chi connectivity index (χ1n) is 8.68. The number of benzene rings is 1. The monoisotopic (exact) mass is 324 g/mol. The van der Waals surface area contributed by atoms with Gasteiger partial charge in [-0.2, -0.15) is 5.26 Å². The Morgan fingerprint density at radius 2 is 2.12 bits per heavy atom. The molecule has 0 radical (unpaired) electrons. The van der Waals surface area contributed by atoms with Gasteiger partial charge in [0.1, 0.15) is 11.6 Å². The lowest BCUT2D eigenvalue weighted by molar-refractivity contribution is 0.504. The molecule has 0 saturated carbocycles. The van der Waals surface area contributed by atoms with Crippen molar-refractivity contribution in [3.63, 3.8) is 0 Å². The number of nitrogens with zero attached hydrogens (tertiary/aromatic N) is 4. The van der Waals surface area contributed by atoms with Gasteiger partial charge in [-0.1, -0.05) is 0 Å². The van der Waals surface area contributed by atoms with Crippen molar-refractivity contribution >= 4 is 5.69 Å². The molecule has 1 aromatic heterocycles. The molecule has 4 rings (SSSR count). The minimum absolute atomic E-state index is 0.306. The maximum Gasteiger partial charge on any atom is 0.147 e. The van der Waals surface area contributed by atoms with E-state index in [1.54, 1.807) is 12.1 Å². The van der Waals surface area contributed by atoms with E-state index in [-0.39, 0.29) is 5.82 Å². The van der Waals surface area contributed by atoms with Crippen LogP contribution in [-0.2, 0) is 12.8 Å². The van der Waals surface area contributed by atoms with E-state index in [2.05, 4.69) is 16.4 Å². The van der Waals surface area contributed by atoms with Gasteiger partial charge >= 0.3 is 0 Å². The third kappa shape index (κ3) is 2.47. The standard InChI is InChI=1S/C19H21FN4/c1-13-22-17-4-2-3-5-19(17)24(13)15-8-9-23(12-15)18-7-6-14(11-21)10-16(18)20/h6-7,10,15H,2-5,8-9,12H2,1H3/t15-/m1/s1. The number of rotatable bonds is 2. The molecule has 4 nitrogen and oxygen atoms in total. The highest BCUT2D eigenvalue weighted by Crippen LogP contribution is 2.33. The van der Waals surface area contributed by atoms with Crippen molar-refractivity contribution < 1.29 is 4.39 Å². The summed E-state index contributed by atoms with van der Waals surface area (Å²) in [6, 6.07) is 7.09. The maximum atomic E-state index is 14.3. The van der Waals surface area contributed by atoms with Gasteiger partial charge in [0.2, 0.25) is 0 Å². The molecular weight excluding hydrogens is 303 g/mol.